The second-order valence-electron chi connectivity index (χ2n) is 5.05. The summed E-state index contributed by atoms with van der Waals surface area (Å²) in [7, 11) is 0. The van der Waals surface area contributed by atoms with Crippen LogP contribution in [-0.2, 0) is 9.47 Å². The smallest absolute Gasteiger partial charge is 0.407 e. The highest BCUT2D eigenvalue weighted by Gasteiger charge is 2.57. The minimum atomic E-state index is -0.959. The fourth-order valence-corrected chi connectivity index (χ4v) is 2.60. The van der Waals surface area contributed by atoms with Gasteiger partial charge in [-0.2, -0.15) is 0 Å². The zero-order valence-electron chi connectivity index (χ0n) is 10.4. The van der Waals surface area contributed by atoms with Crippen molar-refractivity contribution in [1.82, 2.24) is 9.81 Å². The van der Waals surface area contributed by atoms with E-state index in [9.17, 15) is 4.79 Å². The molecule has 2 atom stereocenters. The maximum atomic E-state index is 11.0. The second kappa shape index (κ2) is 4.31. The van der Waals surface area contributed by atoms with Crippen LogP contribution in [0.2, 0.25) is 0 Å². The van der Waals surface area contributed by atoms with Crippen LogP contribution in [0.3, 0.4) is 0 Å². The van der Waals surface area contributed by atoms with Crippen molar-refractivity contribution in [3.8, 4) is 0 Å². The maximum Gasteiger partial charge on any atom is 0.407 e. The van der Waals surface area contributed by atoms with Gasteiger partial charge in [-0.15, -0.1) is 0 Å². The van der Waals surface area contributed by atoms with E-state index in [1.54, 1.807) is 13.8 Å². The predicted molar refractivity (Wildman–Crippen MR) is 59.1 cm³/mol. The van der Waals surface area contributed by atoms with Crippen molar-refractivity contribution < 1.29 is 19.4 Å². The SMILES string of the molecule is CC1(C)OC2CN(C(=O)O)CCC2(CN=[N+]=N)O1. The molecule has 0 saturated carbocycles. The van der Waals surface area contributed by atoms with E-state index < -0.39 is 17.5 Å². The molecule has 2 unspecified atom stereocenters. The van der Waals surface area contributed by atoms with Gasteiger partial charge in [0.1, 0.15) is 22.4 Å². The number of carbonyl (C=O) groups is 1. The van der Waals surface area contributed by atoms with Gasteiger partial charge in [-0.3, -0.25) is 0 Å². The van der Waals surface area contributed by atoms with Crippen molar-refractivity contribution in [2.24, 2.45) is 5.11 Å². The molecule has 2 saturated heterocycles. The summed E-state index contributed by atoms with van der Waals surface area (Å²) < 4.78 is 11.6. The summed E-state index contributed by atoms with van der Waals surface area (Å²) in [5.74, 6) is -0.767. The Morgan fingerprint density at radius 3 is 3.00 bits per heavy atom. The number of nitrogens with one attached hydrogen (secondary N) is 1. The Balaban J connectivity index is 2.20. The average molecular weight is 257 g/mol. The fourth-order valence-electron chi connectivity index (χ4n) is 2.60. The molecule has 0 aromatic carbocycles. The van der Waals surface area contributed by atoms with Gasteiger partial charge in [-0.1, -0.05) is 0 Å². The fraction of sp³-hybridized carbons (Fsp3) is 0.900. The molecule has 8 heteroatoms. The Morgan fingerprint density at radius 1 is 1.67 bits per heavy atom. The van der Waals surface area contributed by atoms with Crippen molar-refractivity contribution in [3.05, 3.63) is 0 Å². The van der Waals surface area contributed by atoms with E-state index in [1.165, 1.54) is 4.90 Å². The molecule has 2 aliphatic heterocycles. The Bertz CT molecular complexity index is 407. The molecule has 2 heterocycles. The first kappa shape index (κ1) is 12.9. The van der Waals surface area contributed by atoms with E-state index in [2.05, 4.69) is 10.0 Å². The Hall–Kier alpha value is -1.50. The summed E-state index contributed by atoms with van der Waals surface area (Å²) in [5.41, 5.74) is 6.07. The highest BCUT2D eigenvalue weighted by molar-refractivity contribution is 5.65. The van der Waals surface area contributed by atoms with Crippen LogP contribution < -0.4 is 4.91 Å². The van der Waals surface area contributed by atoms with Gasteiger partial charge in [0.15, 0.2) is 12.3 Å². The van der Waals surface area contributed by atoms with Crippen LogP contribution in [0.25, 0.3) is 0 Å². The minimum absolute atomic E-state index is 0.220. The molecular weight excluding hydrogens is 240 g/mol. The Labute approximate surface area is 104 Å². The average Bonchev–Trinajstić information content (AvgIpc) is 2.55. The van der Waals surface area contributed by atoms with Crippen LogP contribution in [-0.4, -0.2) is 53.2 Å². The molecule has 2 rings (SSSR count). The van der Waals surface area contributed by atoms with Crippen LogP contribution in [0.5, 0.6) is 0 Å². The van der Waals surface area contributed by atoms with Crippen molar-refractivity contribution in [2.75, 3.05) is 19.6 Å². The van der Waals surface area contributed by atoms with Gasteiger partial charge in [0, 0.05) is 6.54 Å². The zero-order chi connectivity index (χ0) is 13.4. The molecule has 0 aliphatic carbocycles. The summed E-state index contributed by atoms with van der Waals surface area (Å²) in [4.78, 5) is 15.3. The monoisotopic (exact) mass is 257 g/mol. The number of likely N-dealkylation sites (tertiary alicyclic amines) is 1. The number of piperidine rings is 1. The molecule has 2 fully saturated rings. The summed E-state index contributed by atoms with van der Waals surface area (Å²) in [6, 6.07) is 0. The Morgan fingerprint density at radius 2 is 2.39 bits per heavy atom. The van der Waals surface area contributed by atoms with Crippen molar-refractivity contribution >= 4 is 6.09 Å². The van der Waals surface area contributed by atoms with Gasteiger partial charge in [-0.05, 0) is 20.3 Å². The van der Waals surface area contributed by atoms with Gasteiger partial charge in [0.05, 0.1) is 6.54 Å². The first-order valence-electron chi connectivity index (χ1n) is 5.78. The van der Waals surface area contributed by atoms with E-state index in [0.29, 0.717) is 13.0 Å². The van der Waals surface area contributed by atoms with Gasteiger partial charge in [0.2, 0.25) is 4.91 Å². The molecule has 0 bridgehead atoms. The molecule has 18 heavy (non-hydrogen) atoms. The highest BCUT2D eigenvalue weighted by atomic mass is 16.8. The van der Waals surface area contributed by atoms with Crippen molar-refractivity contribution in [2.45, 2.75) is 37.8 Å². The third kappa shape index (κ3) is 2.22. The van der Waals surface area contributed by atoms with Gasteiger partial charge < -0.3 is 19.5 Å². The molecule has 2 aliphatic rings. The normalized spacial score (nSPS) is 33.7. The first-order chi connectivity index (χ1) is 8.38. The number of hydrogen-bond donors (Lipinski definition) is 2. The van der Waals surface area contributed by atoms with Crippen LogP contribution >= 0.6 is 0 Å². The number of fused-ring (bicyclic) bond motifs is 1. The van der Waals surface area contributed by atoms with Crippen LogP contribution in [0, 0.1) is 5.53 Å². The largest absolute Gasteiger partial charge is 0.465 e. The number of amides is 1. The van der Waals surface area contributed by atoms with Gasteiger partial charge in [-0.25, -0.2) is 4.79 Å². The lowest BCUT2D eigenvalue weighted by Gasteiger charge is -2.38. The van der Waals surface area contributed by atoms with Gasteiger partial charge in [0.25, 0.3) is 0 Å². The van der Waals surface area contributed by atoms with E-state index in [1.807, 2.05) is 0 Å². The molecule has 0 radical (unpaired) electrons. The van der Waals surface area contributed by atoms with Crippen molar-refractivity contribution in [1.29, 1.82) is 5.53 Å². The summed E-state index contributed by atoms with van der Waals surface area (Å²) in [6.45, 7) is 4.43. The predicted octanol–water partition coefficient (Wildman–Crippen LogP) is 0.811. The quantitative estimate of drug-likeness (QED) is 0.563. The number of hydrogen-bond acceptors (Lipinski definition) is 5. The standard InChI is InChI=1S/C10H16N4O4/c1-9(2)17-7-5-14(8(15)16)4-3-10(7,18-9)6-12-13-11/h7,11H,3-6H2,1-2H3/p+1. The number of nitrogens with zero attached hydrogens (tertiary/aromatic N) is 3. The third-order valence-electron chi connectivity index (χ3n) is 3.33. The molecule has 0 aromatic heterocycles. The maximum absolute atomic E-state index is 11.0. The van der Waals surface area contributed by atoms with Crippen LogP contribution in [0.4, 0.5) is 4.79 Å². The lowest BCUT2D eigenvalue weighted by atomic mass is 9.89. The van der Waals surface area contributed by atoms with Crippen molar-refractivity contribution in [3.63, 3.8) is 0 Å². The molecule has 2 N–H and O–H groups in total. The molecule has 8 nitrogen and oxygen atoms in total. The lowest BCUT2D eigenvalue weighted by molar-refractivity contribution is -0.161. The highest BCUT2D eigenvalue weighted by Crippen LogP contribution is 2.41. The molecule has 1 amide bonds. The molecule has 0 spiro atoms. The Kier molecular flexibility index (Phi) is 3.10. The number of rotatable bonds is 2. The van der Waals surface area contributed by atoms with Crippen LogP contribution in [0.15, 0.2) is 5.11 Å². The number of carboxylic acid groups (broad SMARTS) is 1. The van der Waals surface area contributed by atoms with E-state index in [4.69, 9.17) is 20.1 Å². The first-order valence-corrected chi connectivity index (χ1v) is 5.78. The molecular formula is C10H17N4O4+. The third-order valence-corrected chi connectivity index (χ3v) is 3.33. The second-order valence-corrected chi connectivity index (χ2v) is 5.05. The lowest BCUT2D eigenvalue weighted by Crippen LogP contribution is -2.56. The molecule has 100 valence electrons. The van der Waals surface area contributed by atoms with E-state index >= 15 is 0 Å². The summed E-state index contributed by atoms with van der Waals surface area (Å²) in [5, 5.41) is 12.7. The van der Waals surface area contributed by atoms with E-state index in [0.717, 1.165) is 0 Å². The minimum Gasteiger partial charge on any atom is -0.465 e. The number of ether oxygens (including phenoxy) is 2. The van der Waals surface area contributed by atoms with E-state index in [-0.39, 0.29) is 19.2 Å². The molecule has 0 aromatic rings. The van der Waals surface area contributed by atoms with Crippen LogP contribution in [0.1, 0.15) is 20.3 Å². The zero-order valence-corrected chi connectivity index (χ0v) is 10.4. The summed E-state index contributed by atoms with van der Waals surface area (Å²) >= 11 is 0. The topological polar surface area (TPSA) is 109 Å². The summed E-state index contributed by atoms with van der Waals surface area (Å²) in [6.07, 6.45) is -0.839. The van der Waals surface area contributed by atoms with Gasteiger partial charge >= 0.3 is 6.09 Å².